The Kier molecular flexibility index (Phi) is 4.90. The Morgan fingerprint density at radius 1 is 1.00 bits per heavy atom. The number of hydrogen-bond acceptors (Lipinski definition) is 3. The lowest BCUT2D eigenvalue weighted by atomic mass is 10.0. The van der Waals surface area contributed by atoms with Gasteiger partial charge in [0.1, 0.15) is 0 Å². The molecule has 0 aliphatic heterocycles. The van der Waals surface area contributed by atoms with Gasteiger partial charge in [0.15, 0.2) is 0 Å². The van der Waals surface area contributed by atoms with Crippen LogP contribution in [0.2, 0.25) is 0 Å². The summed E-state index contributed by atoms with van der Waals surface area (Å²) >= 11 is 0. The predicted octanol–water partition coefficient (Wildman–Crippen LogP) is 3.86. The van der Waals surface area contributed by atoms with Crippen molar-refractivity contribution in [2.24, 2.45) is 5.73 Å². The quantitative estimate of drug-likeness (QED) is 0.675. The second kappa shape index (κ2) is 7.45. The highest BCUT2D eigenvalue weighted by Gasteiger charge is 2.09. The fraction of sp³-hybridized carbons (Fsp3) is 0.0476. The lowest BCUT2D eigenvalue weighted by Crippen LogP contribution is -2.13. The highest BCUT2D eigenvalue weighted by molar-refractivity contribution is 6.19. The number of anilines is 1. The van der Waals surface area contributed by atoms with Crippen molar-refractivity contribution in [3.63, 3.8) is 0 Å². The highest BCUT2D eigenvalue weighted by Crippen LogP contribution is 2.23. The number of primary amides is 1. The maximum absolute atomic E-state index is 11.4. The summed E-state index contributed by atoms with van der Waals surface area (Å²) in [6, 6.07) is 21.6. The van der Waals surface area contributed by atoms with Gasteiger partial charge in [-0.25, -0.2) is 0 Å². The molecule has 3 aromatic rings. The average molecular weight is 329 g/mol. The van der Waals surface area contributed by atoms with Gasteiger partial charge in [-0.1, -0.05) is 61.2 Å². The Morgan fingerprint density at radius 2 is 1.72 bits per heavy atom. The van der Waals surface area contributed by atoms with Crippen LogP contribution >= 0.6 is 0 Å². The molecule has 0 atom stereocenters. The second-order valence-electron chi connectivity index (χ2n) is 5.66. The van der Waals surface area contributed by atoms with Crippen molar-refractivity contribution >= 4 is 17.2 Å². The number of nitrogens with one attached hydrogen (secondary N) is 1. The van der Waals surface area contributed by atoms with Gasteiger partial charge >= 0.3 is 0 Å². The zero-order valence-corrected chi connectivity index (χ0v) is 13.8. The summed E-state index contributed by atoms with van der Waals surface area (Å²) in [4.78, 5) is 15.9. The molecule has 3 rings (SSSR count). The number of carbonyl (C=O) groups is 1. The monoisotopic (exact) mass is 329 g/mol. The van der Waals surface area contributed by atoms with Crippen LogP contribution < -0.4 is 11.1 Å². The van der Waals surface area contributed by atoms with E-state index in [0.717, 1.165) is 22.5 Å². The minimum atomic E-state index is -0.525. The molecule has 0 saturated carbocycles. The molecule has 0 radical (unpaired) electrons. The molecule has 0 spiro atoms. The van der Waals surface area contributed by atoms with Crippen molar-refractivity contribution in [2.75, 3.05) is 5.32 Å². The number of nitrogens with zero attached hydrogens (tertiary/aromatic N) is 1. The molecule has 1 heterocycles. The SMILES string of the molecule is C=C(C(N)=O)c1ccccc1NCc1ccc(-c2ccccc2)nc1. The van der Waals surface area contributed by atoms with Crippen LogP contribution in [0.25, 0.3) is 16.8 Å². The van der Waals surface area contributed by atoms with E-state index >= 15 is 0 Å². The topological polar surface area (TPSA) is 68.0 Å². The van der Waals surface area contributed by atoms with E-state index in [1.54, 1.807) is 0 Å². The Hall–Kier alpha value is -3.40. The van der Waals surface area contributed by atoms with Gasteiger partial charge < -0.3 is 11.1 Å². The van der Waals surface area contributed by atoms with E-state index in [2.05, 4.69) is 16.9 Å². The zero-order valence-electron chi connectivity index (χ0n) is 13.8. The molecule has 3 N–H and O–H groups in total. The summed E-state index contributed by atoms with van der Waals surface area (Å²) in [7, 11) is 0. The first kappa shape index (κ1) is 16.5. The maximum atomic E-state index is 11.4. The summed E-state index contributed by atoms with van der Waals surface area (Å²) in [6.07, 6.45) is 1.85. The molecule has 0 unspecified atom stereocenters. The molecule has 25 heavy (non-hydrogen) atoms. The fourth-order valence-electron chi connectivity index (χ4n) is 2.54. The number of carbonyl (C=O) groups excluding carboxylic acids is 1. The van der Waals surface area contributed by atoms with Crippen LogP contribution in [0.15, 0.2) is 79.5 Å². The third kappa shape index (κ3) is 3.93. The minimum Gasteiger partial charge on any atom is -0.380 e. The van der Waals surface area contributed by atoms with Gasteiger partial charge in [0.25, 0.3) is 0 Å². The van der Waals surface area contributed by atoms with Crippen molar-refractivity contribution < 1.29 is 4.79 Å². The standard InChI is InChI=1S/C21H19N3O/c1-15(21(22)25)18-9-5-6-10-20(18)24-14-16-11-12-19(23-13-16)17-7-3-2-4-8-17/h2-13,24H,1,14H2,(H2,22,25). The summed E-state index contributed by atoms with van der Waals surface area (Å²) < 4.78 is 0. The third-order valence-electron chi connectivity index (χ3n) is 3.93. The number of pyridine rings is 1. The van der Waals surface area contributed by atoms with Gasteiger partial charge in [-0.2, -0.15) is 0 Å². The normalized spacial score (nSPS) is 10.2. The Balaban J connectivity index is 1.73. The first-order valence-electron chi connectivity index (χ1n) is 7.97. The fourth-order valence-corrected chi connectivity index (χ4v) is 2.54. The lowest BCUT2D eigenvalue weighted by molar-refractivity contribution is -0.112. The van der Waals surface area contributed by atoms with Crippen LogP contribution in [-0.4, -0.2) is 10.9 Å². The molecule has 1 amide bonds. The first-order chi connectivity index (χ1) is 12.1. The zero-order chi connectivity index (χ0) is 17.6. The lowest BCUT2D eigenvalue weighted by Gasteiger charge is -2.12. The number of nitrogens with two attached hydrogens (primary N) is 1. The molecule has 0 saturated heterocycles. The molecule has 0 bridgehead atoms. The largest absolute Gasteiger partial charge is 0.380 e. The number of hydrogen-bond donors (Lipinski definition) is 2. The Labute approximate surface area is 147 Å². The number of rotatable bonds is 6. The van der Waals surface area contributed by atoms with Crippen molar-refractivity contribution in [3.05, 3.63) is 90.6 Å². The molecule has 0 aliphatic rings. The van der Waals surface area contributed by atoms with Crippen LogP contribution in [0.3, 0.4) is 0 Å². The van der Waals surface area contributed by atoms with E-state index in [0.29, 0.717) is 17.7 Å². The van der Waals surface area contributed by atoms with E-state index < -0.39 is 5.91 Å². The Bertz CT molecular complexity index is 887. The van der Waals surface area contributed by atoms with Crippen LogP contribution in [-0.2, 0) is 11.3 Å². The van der Waals surface area contributed by atoms with E-state index in [1.165, 1.54) is 0 Å². The van der Waals surface area contributed by atoms with Gasteiger partial charge in [-0.15, -0.1) is 0 Å². The summed E-state index contributed by atoms with van der Waals surface area (Å²) in [6.45, 7) is 4.35. The van der Waals surface area contributed by atoms with Crippen molar-refractivity contribution in [2.45, 2.75) is 6.54 Å². The summed E-state index contributed by atoms with van der Waals surface area (Å²) in [5, 5.41) is 3.32. The number of para-hydroxylation sites is 1. The molecular weight excluding hydrogens is 310 g/mol. The first-order valence-corrected chi connectivity index (χ1v) is 7.97. The minimum absolute atomic E-state index is 0.292. The van der Waals surface area contributed by atoms with Crippen LogP contribution in [0.4, 0.5) is 5.69 Å². The third-order valence-corrected chi connectivity index (χ3v) is 3.93. The maximum Gasteiger partial charge on any atom is 0.248 e. The molecule has 2 aromatic carbocycles. The van der Waals surface area contributed by atoms with Crippen LogP contribution in [0.1, 0.15) is 11.1 Å². The molecule has 4 heteroatoms. The predicted molar refractivity (Wildman–Crippen MR) is 102 cm³/mol. The van der Waals surface area contributed by atoms with Crippen LogP contribution in [0.5, 0.6) is 0 Å². The number of benzene rings is 2. The van der Waals surface area contributed by atoms with E-state index in [9.17, 15) is 4.79 Å². The molecule has 0 fully saturated rings. The van der Waals surface area contributed by atoms with Gasteiger partial charge in [0.05, 0.1) is 5.69 Å². The molecule has 4 nitrogen and oxygen atoms in total. The van der Waals surface area contributed by atoms with Gasteiger partial charge in [-0.3, -0.25) is 9.78 Å². The van der Waals surface area contributed by atoms with Gasteiger partial charge in [0, 0.05) is 35.1 Å². The summed E-state index contributed by atoms with van der Waals surface area (Å²) in [5.74, 6) is -0.525. The smallest absolute Gasteiger partial charge is 0.248 e. The van der Waals surface area contributed by atoms with Crippen LogP contribution in [0, 0.1) is 0 Å². The number of aromatic nitrogens is 1. The molecule has 1 aromatic heterocycles. The van der Waals surface area contributed by atoms with E-state index in [1.807, 2.05) is 72.9 Å². The summed E-state index contributed by atoms with van der Waals surface area (Å²) in [5.41, 5.74) is 10.2. The highest BCUT2D eigenvalue weighted by atomic mass is 16.1. The molecule has 124 valence electrons. The van der Waals surface area contributed by atoms with Gasteiger partial charge in [-0.05, 0) is 17.7 Å². The van der Waals surface area contributed by atoms with E-state index in [-0.39, 0.29) is 0 Å². The molecular formula is C21H19N3O. The molecule has 0 aliphatic carbocycles. The van der Waals surface area contributed by atoms with Gasteiger partial charge in [0.2, 0.25) is 5.91 Å². The van der Waals surface area contributed by atoms with Crippen molar-refractivity contribution in [3.8, 4) is 11.3 Å². The van der Waals surface area contributed by atoms with Crippen molar-refractivity contribution in [1.82, 2.24) is 4.98 Å². The average Bonchev–Trinajstić information content (AvgIpc) is 2.67. The number of amides is 1. The van der Waals surface area contributed by atoms with Crippen molar-refractivity contribution in [1.29, 1.82) is 0 Å². The van der Waals surface area contributed by atoms with E-state index in [4.69, 9.17) is 5.73 Å². The Morgan fingerprint density at radius 3 is 2.40 bits per heavy atom. The second-order valence-corrected chi connectivity index (χ2v) is 5.66.